The highest BCUT2D eigenvalue weighted by molar-refractivity contribution is 8.18. The fourth-order valence-corrected chi connectivity index (χ4v) is 4.46. The number of carbonyl (C=O) groups is 3. The number of benzene rings is 1. The van der Waals surface area contributed by atoms with E-state index in [4.69, 9.17) is 11.2 Å². The molecule has 2 aromatic rings. The van der Waals surface area contributed by atoms with Crippen molar-refractivity contribution in [1.29, 1.82) is 0 Å². The SMILES string of the molecule is C#CCN1C(=O)S/C(=C\c2cn(CC(=O)NC[C@@H]3CCCO3)c3ccccc23)C1=O. The van der Waals surface area contributed by atoms with Gasteiger partial charge in [0.2, 0.25) is 5.91 Å². The van der Waals surface area contributed by atoms with Crippen LogP contribution < -0.4 is 5.32 Å². The Morgan fingerprint density at radius 3 is 2.97 bits per heavy atom. The number of nitrogens with one attached hydrogen (secondary N) is 1. The zero-order valence-corrected chi connectivity index (χ0v) is 17.1. The third-order valence-corrected chi connectivity index (χ3v) is 6.00. The number of hydrogen-bond donors (Lipinski definition) is 1. The molecule has 3 amide bonds. The summed E-state index contributed by atoms with van der Waals surface area (Å²) in [4.78, 5) is 38.3. The molecule has 2 saturated heterocycles. The predicted octanol–water partition coefficient (Wildman–Crippen LogP) is 2.61. The van der Waals surface area contributed by atoms with Crippen molar-refractivity contribution in [3.8, 4) is 12.3 Å². The topological polar surface area (TPSA) is 80.6 Å². The molecule has 1 N–H and O–H groups in total. The van der Waals surface area contributed by atoms with Gasteiger partial charge >= 0.3 is 0 Å². The fourth-order valence-electron chi connectivity index (χ4n) is 3.63. The van der Waals surface area contributed by atoms with Gasteiger partial charge in [-0.15, -0.1) is 6.42 Å². The van der Waals surface area contributed by atoms with E-state index in [2.05, 4.69) is 11.2 Å². The minimum absolute atomic E-state index is 0.0470. The summed E-state index contributed by atoms with van der Waals surface area (Å²) in [7, 11) is 0. The van der Waals surface area contributed by atoms with Gasteiger partial charge in [0.05, 0.1) is 17.6 Å². The highest BCUT2D eigenvalue weighted by atomic mass is 32.2. The van der Waals surface area contributed by atoms with Crippen molar-refractivity contribution in [2.45, 2.75) is 25.5 Å². The van der Waals surface area contributed by atoms with Crippen molar-refractivity contribution in [3.05, 3.63) is 40.9 Å². The molecule has 3 heterocycles. The maximum Gasteiger partial charge on any atom is 0.294 e. The Bertz CT molecular complexity index is 1080. The van der Waals surface area contributed by atoms with Gasteiger partial charge in [-0.3, -0.25) is 19.3 Å². The Kier molecular flexibility index (Phi) is 5.93. The van der Waals surface area contributed by atoms with E-state index in [1.54, 1.807) is 6.08 Å². The molecule has 1 aromatic heterocycles. The summed E-state index contributed by atoms with van der Waals surface area (Å²) in [6, 6.07) is 7.64. The number of ether oxygens (including phenoxy) is 1. The van der Waals surface area contributed by atoms with E-state index >= 15 is 0 Å². The lowest BCUT2D eigenvalue weighted by molar-refractivity contribution is -0.123. The van der Waals surface area contributed by atoms with Crippen LogP contribution in [0.15, 0.2) is 35.4 Å². The van der Waals surface area contributed by atoms with E-state index in [-0.39, 0.29) is 30.3 Å². The van der Waals surface area contributed by atoms with E-state index in [1.807, 2.05) is 35.0 Å². The van der Waals surface area contributed by atoms with Crippen LogP contribution in [0.4, 0.5) is 4.79 Å². The average Bonchev–Trinajstić information content (AvgIpc) is 3.44. The van der Waals surface area contributed by atoms with E-state index in [1.165, 1.54) is 0 Å². The number of aromatic nitrogens is 1. The number of rotatable bonds is 6. The van der Waals surface area contributed by atoms with Crippen LogP contribution in [0.3, 0.4) is 0 Å². The van der Waals surface area contributed by atoms with Crippen molar-refractivity contribution >= 4 is 45.8 Å². The largest absolute Gasteiger partial charge is 0.376 e. The standard InChI is InChI=1S/C22H21N3O4S/c1-2-9-25-21(27)19(30-22(25)28)11-15-13-24(18-8-4-3-7-17(15)18)14-20(26)23-12-16-6-5-10-29-16/h1,3-4,7-8,11,13,16H,5-6,9-10,12,14H2,(H,23,26)/b19-11-/t16-/m0/s1. The summed E-state index contributed by atoms with van der Waals surface area (Å²) in [5.74, 6) is 1.83. The van der Waals surface area contributed by atoms with Gasteiger partial charge in [0.25, 0.3) is 11.1 Å². The van der Waals surface area contributed by atoms with Crippen molar-refractivity contribution in [2.24, 2.45) is 0 Å². The summed E-state index contributed by atoms with van der Waals surface area (Å²) in [5.41, 5.74) is 1.64. The van der Waals surface area contributed by atoms with Crippen LogP contribution in [0.25, 0.3) is 17.0 Å². The second kappa shape index (κ2) is 8.78. The highest BCUT2D eigenvalue weighted by Gasteiger charge is 2.34. The van der Waals surface area contributed by atoms with Crippen LogP contribution >= 0.6 is 11.8 Å². The third kappa shape index (κ3) is 4.13. The Labute approximate surface area is 178 Å². The van der Waals surface area contributed by atoms with Crippen LogP contribution in [0.2, 0.25) is 0 Å². The number of hydrogen-bond acceptors (Lipinski definition) is 5. The summed E-state index contributed by atoms with van der Waals surface area (Å²) < 4.78 is 7.38. The smallest absolute Gasteiger partial charge is 0.294 e. The number of fused-ring (bicyclic) bond motifs is 1. The molecular formula is C22H21N3O4S. The number of terminal acetylenes is 1. The van der Waals surface area contributed by atoms with E-state index in [0.717, 1.165) is 52.6 Å². The molecular weight excluding hydrogens is 402 g/mol. The van der Waals surface area contributed by atoms with Crippen molar-refractivity contribution < 1.29 is 19.1 Å². The van der Waals surface area contributed by atoms with Gasteiger partial charge in [-0.05, 0) is 36.7 Å². The van der Waals surface area contributed by atoms with Crippen LogP contribution in [-0.2, 0) is 20.9 Å². The zero-order valence-electron chi connectivity index (χ0n) is 16.3. The molecule has 1 aromatic carbocycles. The third-order valence-electron chi connectivity index (χ3n) is 5.09. The zero-order chi connectivity index (χ0) is 21.1. The first-order chi connectivity index (χ1) is 14.6. The minimum atomic E-state index is -0.394. The molecule has 0 unspecified atom stereocenters. The van der Waals surface area contributed by atoms with E-state index < -0.39 is 5.91 Å². The molecule has 8 heteroatoms. The molecule has 154 valence electrons. The van der Waals surface area contributed by atoms with Crippen LogP contribution in [0, 0.1) is 12.3 Å². The number of nitrogens with zero attached hydrogens (tertiary/aromatic N) is 2. The Balaban J connectivity index is 1.55. The van der Waals surface area contributed by atoms with E-state index in [9.17, 15) is 14.4 Å². The Morgan fingerprint density at radius 2 is 2.20 bits per heavy atom. The van der Waals surface area contributed by atoms with Crippen molar-refractivity contribution in [1.82, 2.24) is 14.8 Å². The number of para-hydroxylation sites is 1. The highest BCUT2D eigenvalue weighted by Crippen LogP contribution is 2.33. The molecule has 7 nitrogen and oxygen atoms in total. The molecule has 0 bridgehead atoms. The number of imide groups is 1. The lowest BCUT2D eigenvalue weighted by atomic mass is 10.1. The number of carbonyl (C=O) groups excluding carboxylic acids is 3. The minimum Gasteiger partial charge on any atom is -0.376 e. The molecule has 2 fully saturated rings. The number of thioether (sulfide) groups is 1. The maximum atomic E-state index is 12.5. The van der Waals surface area contributed by atoms with Gasteiger partial charge in [-0.25, -0.2) is 0 Å². The van der Waals surface area contributed by atoms with Gasteiger partial charge in [0, 0.05) is 35.8 Å². The molecule has 0 spiro atoms. The molecule has 0 saturated carbocycles. The monoisotopic (exact) mass is 423 g/mol. The molecule has 2 aliphatic heterocycles. The summed E-state index contributed by atoms with van der Waals surface area (Å²) in [6.45, 7) is 1.36. The van der Waals surface area contributed by atoms with Gasteiger partial charge in [0.1, 0.15) is 6.54 Å². The molecule has 0 radical (unpaired) electrons. The lowest BCUT2D eigenvalue weighted by Gasteiger charge is -2.11. The number of amides is 3. The van der Waals surface area contributed by atoms with Crippen molar-refractivity contribution in [2.75, 3.05) is 19.7 Å². The van der Waals surface area contributed by atoms with Crippen LogP contribution in [0.1, 0.15) is 18.4 Å². The quantitative estimate of drug-likeness (QED) is 0.571. The van der Waals surface area contributed by atoms with E-state index in [0.29, 0.717) is 11.4 Å². The van der Waals surface area contributed by atoms with Crippen molar-refractivity contribution in [3.63, 3.8) is 0 Å². The first kappa shape index (κ1) is 20.3. The molecule has 30 heavy (non-hydrogen) atoms. The predicted molar refractivity (Wildman–Crippen MR) is 115 cm³/mol. The Hall–Kier alpha value is -3.02. The van der Waals surface area contributed by atoms with Crippen LogP contribution in [-0.4, -0.2) is 52.3 Å². The lowest BCUT2D eigenvalue weighted by Crippen LogP contribution is -2.34. The second-order valence-electron chi connectivity index (χ2n) is 7.14. The van der Waals surface area contributed by atoms with Crippen LogP contribution in [0.5, 0.6) is 0 Å². The first-order valence-corrected chi connectivity index (χ1v) is 10.5. The normalized spacial score (nSPS) is 20.3. The fraction of sp³-hybridized carbons (Fsp3) is 0.318. The van der Waals surface area contributed by atoms with Gasteiger partial charge in [0.15, 0.2) is 0 Å². The first-order valence-electron chi connectivity index (χ1n) is 9.72. The van der Waals surface area contributed by atoms with Gasteiger partial charge < -0.3 is 14.6 Å². The molecule has 1 atom stereocenters. The summed E-state index contributed by atoms with van der Waals surface area (Å²) in [6.07, 6.45) is 10.8. The van der Waals surface area contributed by atoms with Gasteiger partial charge in [-0.2, -0.15) is 0 Å². The Morgan fingerprint density at radius 1 is 1.37 bits per heavy atom. The molecule has 0 aliphatic carbocycles. The second-order valence-corrected chi connectivity index (χ2v) is 8.13. The summed E-state index contributed by atoms with van der Waals surface area (Å²) in [5, 5.41) is 3.45. The van der Waals surface area contributed by atoms with Gasteiger partial charge in [-0.1, -0.05) is 24.1 Å². The summed E-state index contributed by atoms with van der Waals surface area (Å²) >= 11 is 0.871. The molecule has 2 aliphatic rings. The molecule has 4 rings (SSSR count). The average molecular weight is 423 g/mol. The maximum absolute atomic E-state index is 12.5.